The molecule has 0 saturated carbocycles. The quantitative estimate of drug-likeness (QED) is 0.538. The number of amides is 1. The molecule has 0 aliphatic rings. The first-order valence-electron chi connectivity index (χ1n) is 8.74. The van der Waals surface area contributed by atoms with Crippen molar-refractivity contribution in [3.63, 3.8) is 0 Å². The topological polar surface area (TPSA) is 62.1 Å². The number of hydrogen-bond acceptors (Lipinski definition) is 5. The minimum absolute atomic E-state index is 0.375. The van der Waals surface area contributed by atoms with E-state index in [1.54, 1.807) is 18.2 Å². The predicted octanol–water partition coefficient (Wildman–Crippen LogP) is 4.15. The van der Waals surface area contributed by atoms with Crippen LogP contribution in [0.2, 0.25) is 5.02 Å². The van der Waals surface area contributed by atoms with Crippen LogP contribution in [0.4, 0.5) is 0 Å². The lowest BCUT2D eigenvalue weighted by atomic mass is 10.2. The Morgan fingerprint density at radius 3 is 2.50 bits per heavy atom. The predicted molar refractivity (Wildman–Crippen MR) is 111 cm³/mol. The van der Waals surface area contributed by atoms with Gasteiger partial charge in [0.1, 0.15) is 11.5 Å². The van der Waals surface area contributed by atoms with Crippen LogP contribution < -0.4 is 14.3 Å². The van der Waals surface area contributed by atoms with E-state index in [-0.39, 0.29) is 5.91 Å². The molecular weight excluding hydrogens is 400 g/mol. The standard InChI is InChI=1S/C20H21ClN2O4S/c1-4-27-8-7-23-17-6-5-14(21)11-18(17)28-20(23)22-19(24)13-9-15(25-2)12-16(10-13)26-3/h5-6,9-12H,4,7-8H2,1-3H3. The smallest absolute Gasteiger partial charge is 0.279 e. The second-order valence-electron chi connectivity index (χ2n) is 5.86. The van der Waals surface area contributed by atoms with E-state index in [4.69, 9.17) is 25.8 Å². The van der Waals surface area contributed by atoms with E-state index in [2.05, 4.69) is 4.99 Å². The number of fused-ring (bicyclic) bond motifs is 1. The maximum Gasteiger partial charge on any atom is 0.279 e. The molecule has 0 atom stereocenters. The Bertz CT molecular complexity index is 1040. The van der Waals surface area contributed by atoms with Gasteiger partial charge >= 0.3 is 0 Å². The number of ether oxygens (including phenoxy) is 3. The van der Waals surface area contributed by atoms with Crippen molar-refractivity contribution in [2.75, 3.05) is 27.4 Å². The summed E-state index contributed by atoms with van der Waals surface area (Å²) in [6.45, 7) is 3.69. The molecule has 3 rings (SSSR count). The van der Waals surface area contributed by atoms with E-state index in [1.165, 1.54) is 25.6 Å². The molecule has 148 valence electrons. The second-order valence-corrected chi connectivity index (χ2v) is 7.31. The van der Waals surface area contributed by atoms with E-state index in [1.807, 2.05) is 29.7 Å². The van der Waals surface area contributed by atoms with Crippen LogP contribution in [0.25, 0.3) is 10.2 Å². The number of hydrogen-bond donors (Lipinski definition) is 0. The molecule has 0 bridgehead atoms. The highest BCUT2D eigenvalue weighted by Gasteiger charge is 2.12. The van der Waals surface area contributed by atoms with Crippen molar-refractivity contribution in [2.24, 2.45) is 4.99 Å². The van der Waals surface area contributed by atoms with E-state index in [0.29, 0.717) is 46.6 Å². The lowest BCUT2D eigenvalue weighted by Gasteiger charge is -2.07. The minimum Gasteiger partial charge on any atom is -0.497 e. The van der Waals surface area contributed by atoms with Crippen LogP contribution in [0.5, 0.6) is 11.5 Å². The van der Waals surface area contributed by atoms with Gasteiger partial charge in [-0.05, 0) is 37.3 Å². The minimum atomic E-state index is -0.375. The maximum atomic E-state index is 12.8. The SMILES string of the molecule is CCOCCn1c(=NC(=O)c2cc(OC)cc(OC)c2)sc2cc(Cl)ccc21. The summed E-state index contributed by atoms with van der Waals surface area (Å²) in [6.07, 6.45) is 0. The van der Waals surface area contributed by atoms with Gasteiger partial charge in [0.2, 0.25) is 0 Å². The molecule has 2 aromatic carbocycles. The summed E-state index contributed by atoms with van der Waals surface area (Å²) >= 11 is 7.53. The van der Waals surface area contributed by atoms with Crippen LogP contribution in [0.3, 0.4) is 0 Å². The van der Waals surface area contributed by atoms with Crippen LogP contribution in [0.15, 0.2) is 41.4 Å². The molecule has 0 spiro atoms. The molecule has 0 aliphatic heterocycles. The molecule has 1 heterocycles. The summed E-state index contributed by atoms with van der Waals surface area (Å²) in [5.74, 6) is 0.690. The van der Waals surface area contributed by atoms with Crippen molar-refractivity contribution in [2.45, 2.75) is 13.5 Å². The molecule has 0 fully saturated rings. The van der Waals surface area contributed by atoms with Gasteiger partial charge in [0.15, 0.2) is 4.80 Å². The number of rotatable bonds is 7. The van der Waals surface area contributed by atoms with E-state index >= 15 is 0 Å². The summed E-state index contributed by atoms with van der Waals surface area (Å²) in [6, 6.07) is 10.6. The number of halogens is 1. The monoisotopic (exact) mass is 420 g/mol. The number of methoxy groups -OCH3 is 2. The normalized spacial score (nSPS) is 11.8. The zero-order chi connectivity index (χ0) is 20.1. The zero-order valence-corrected chi connectivity index (χ0v) is 17.5. The van der Waals surface area contributed by atoms with E-state index in [0.717, 1.165) is 10.2 Å². The highest BCUT2D eigenvalue weighted by molar-refractivity contribution is 7.16. The van der Waals surface area contributed by atoms with Gasteiger partial charge in [-0.15, -0.1) is 0 Å². The fraction of sp³-hybridized carbons (Fsp3) is 0.300. The Morgan fingerprint density at radius 2 is 1.86 bits per heavy atom. The van der Waals surface area contributed by atoms with Crippen molar-refractivity contribution in [1.82, 2.24) is 4.57 Å². The number of benzene rings is 2. The Balaban J connectivity index is 2.07. The highest BCUT2D eigenvalue weighted by atomic mass is 35.5. The third-order valence-electron chi connectivity index (χ3n) is 4.10. The van der Waals surface area contributed by atoms with Crippen LogP contribution in [0, 0.1) is 0 Å². The fourth-order valence-corrected chi connectivity index (χ4v) is 4.06. The third-order valence-corrected chi connectivity index (χ3v) is 5.38. The average molecular weight is 421 g/mol. The molecule has 0 unspecified atom stereocenters. The molecule has 6 nitrogen and oxygen atoms in total. The summed E-state index contributed by atoms with van der Waals surface area (Å²) in [5.41, 5.74) is 1.35. The average Bonchev–Trinajstić information content (AvgIpc) is 3.03. The third kappa shape index (κ3) is 4.55. The van der Waals surface area contributed by atoms with Gasteiger partial charge in [-0.25, -0.2) is 0 Å². The molecule has 8 heteroatoms. The van der Waals surface area contributed by atoms with Gasteiger partial charge in [0.25, 0.3) is 5.91 Å². The number of carbonyl (C=O) groups is 1. The Kier molecular flexibility index (Phi) is 6.72. The van der Waals surface area contributed by atoms with Gasteiger partial charge in [-0.1, -0.05) is 22.9 Å². The van der Waals surface area contributed by atoms with Gasteiger partial charge in [-0.2, -0.15) is 4.99 Å². The fourth-order valence-electron chi connectivity index (χ4n) is 2.73. The summed E-state index contributed by atoms with van der Waals surface area (Å²) in [4.78, 5) is 17.8. The largest absolute Gasteiger partial charge is 0.497 e. The van der Waals surface area contributed by atoms with Gasteiger partial charge in [0.05, 0.1) is 31.0 Å². The number of carbonyl (C=O) groups excluding carboxylic acids is 1. The van der Waals surface area contributed by atoms with Crippen molar-refractivity contribution >= 4 is 39.1 Å². The molecular formula is C20H21ClN2O4S. The first kappa shape index (κ1) is 20.4. The Hall–Kier alpha value is -2.35. The molecule has 1 amide bonds. The molecule has 0 aliphatic carbocycles. The lowest BCUT2D eigenvalue weighted by molar-refractivity contribution is 0.0996. The van der Waals surface area contributed by atoms with Gasteiger partial charge < -0.3 is 18.8 Å². The van der Waals surface area contributed by atoms with Crippen LogP contribution in [-0.2, 0) is 11.3 Å². The second kappa shape index (κ2) is 9.23. The van der Waals surface area contributed by atoms with Crippen molar-refractivity contribution in [1.29, 1.82) is 0 Å². The Labute approximate surface area is 171 Å². The van der Waals surface area contributed by atoms with Crippen molar-refractivity contribution < 1.29 is 19.0 Å². The molecule has 0 radical (unpaired) electrons. The van der Waals surface area contributed by atoms with Crippen molar-refractivity contribution in [3.05, 3.63) is 51.8 Å². The maximum absolute atomic E-state index is 12.8. The van der Waals surface area contributed by atoms with Crippen LogP contribution in [-0.4, -0.2) is 37.9 Å². The van der Waals surface area contributed by atoms with Gasteiger partial charge in [0, 0.05) is 29.8 Å². The number of thiazole rings is 1. The van der Waals surface area contributed by atoms with Crippen molar-refractivity contribution in [3.8, 4) is 11.5 Å². The first-order chi connectivity index (χ1) is 13.5. The number of aromatic nitrogens is 1. The molecule has 0 N–H and O–H groups in total. The summed E-state index contributed by atoms with van der Waals surface area (Å²) in [5, 5.41) is 0.640. The number of nitrogens with zero attached hydrogens (tertiary/aromatic N) is 2. The first-order valence-corrected chi connectivity index (χ1v) is 9.94. The molecule has 0 saturated heterocycles. The van der Waals surface area contributed by atoms with Crippen LogP contribution >= 0.6 is 22.9 Å². The highest BCUT2D eigenvalue weighted by Crippen LogP contribution is 2.24. The van der Waals surface area contributed by atoms with E-state index < -0.39 is 0 Å². The Morgan fingerprint density at radius 1 is 1.14 bits per heavy atom. The van der Waals surface area contributed by atoms with Crippen LogP contribution in [0.1, 0.15) is 17.3 Å². The van der Waals surface area contributed by atoms with Gasteiger partial charge in [-0.3, -0.25) is 4.79 Å². The van der Waals surface area contributed by atoms with E-state index in [9.17, 15) is 4.79 Å². The molecule has 1 aromatic heterocycles. The lowest BCUT2D eigenvalue weighted by Crippen LogP contribution is -2.19. The summed E-state index contributed by atoms with van der Waals surface area (Å²) in [7, 11) is 3.08. The zero-order valence-electron chi connectivity index (χ0n) is 15.9. The molecule has 28 heavy (non-hydrogen) atoms. The summed E-state index contributed by atoms with van der Waals surface area (Å²) < 4.78 is 18.9. The molecule has 3 aromatic rings.